The van der Waals surface area contributed by atoms with Gasteiger partial charge in [-0.1, -0.05) is 34.1 Å². The van der Waals surface area contributed by atoms with Gasteiger partial charge in [-0.2, -0.15) is 0 Å². The lowest BCUT2D eigenvalue weighted by Crippen LogP contribution is -2.10. The van der Waals surface area contributed by atoms with Crippen molar-refractivity contribution in [2.24, 2.45) is 0 Å². The second-order valence-electron chi connectivity index (χ2n) is 5.13. The van der Waals surface area contributed by atoms with Crippen LogP contribution < -0.4 is 10.6 Å². The monoisotopic (exact) mass is 346 g/mol. The summed E-state index contributed by atoms with van der Waals surface area (Å²) in [6, 6.07) is 14.3. The van der Waals surface area contributed by atoms with Crippen molar-refractivity contribution in [1.29, 1.82) is 0 Å². The van der Waals surface area contributed by atoms with Crippen LogP contribution in [0.2, 0.25) is 0 Å². The smallest absolute Gasteiger partial charge is 0.221 e. The van der Waals surface area contributed by atoms with Gasteiger partial charge in [0.15, 0.2) is 0 Å². The van der Waals surface area contributed by atoms with E-state index >= 15 is 0 Å². The number of carbonyl (C=O) groups excluding carboxylic acids is 1. The average molecular weight is 347 g/mol. The van der Waals surface area contributed by atoms with Crippen LogP contribution in [-0.4, -0.2) is 5.91 Å². The Balaban J connectivity index is 2.20. The molecule has 4 heteroatoms. The van der Waals surface area contributed by atoms with Gasteiger partial charge in [-0.25, -0.2) is 0 Å². The van der Waals surface area contributed by atoms with Gasteiger partial charge >= 0.3 is 0 Å². The number of amides is 1. The molecule has 2 aromatic rings. The van der Waals surface area contributed by atoms with Gasteiger partial charge in [0.2, 0.25) is 5.91 Å². The van der Waals surface area contributed by atoms with E-state index in [1.54, 1.807) is 0 Å². The molecule has 1 amide bonds. The van der Waals surface area contributed by atoms with Crippen LogP contribution in [0.15, 0.2) is 46.9 Å². The van der Waals surface area contributed by atoms with Gasteiger partial charge < -0.3 is 10.6 Å². The fraction of sp³-hybridized carbons (Fsp3) is 0.235. The standard InChI is InChI=1S/C17H19BrN2O/c1-11-7-8-16(20-13(3)21)10-17(11)19-12(2)14-5-4-6-15(18)9-14/h4-10,12,19H,1-3H3,(H,20,21). The predicted octanol–water partition coefficient (Wildman–Crippen LogP) is 4.89. The minimum Gasteiger partial charge on any atom is -0.378 e. The minimum absolute atomic E-state index is 0.0650. The molecule has 0 fully saturated rings. The van der Waals surface area contributed by atoms with Gasteiger partial charge in [0.1, 0.15) is 0 Å². The third kappa shape index (κ3) is 4.33. The molecule has 1 atom stereocenters. The summed E-state index contributed by atoms with van der Waals surface area (Å²) < 4.78 is 1.07. The van der Waals surface area contributed by atoms with E-state index < -0.39 is 0 Å². The quantitative estimate of drug-likeness (QED) is 0.827. The number of hydrogen-bond acceptors (Lipinski definition) is 2. The molecule has 2 rings (SSSR count). The number of hydrogen-bond donors (Lipinski definition) is 2. The molecule has 0 bridgehead atoms. The maximum absolute atomic E-state index is 11.2. The zero-order chi connectivity index (χ0) is 15.4. The average Bonchev–Trinajstić information content (AvgIpc) is 2.42. The van der Waals surface area contributed by atoms with Gasteiger partial charge in [0.05, 0.1) is 0 Å². The van der Waals surface area contributed by atoms with E-state index in [9.17, 15) is 4.79 Å². The number of carbonyl (C=O) groups is 1. The van der Waals surface area contributed by atoms with Crippen molar-refractivity contribution in [1.82, 2.24) is 0 Å². The fourth-order valence-corrected chi connectivity index (χ4v) is 2.57. The van der Waals surface area contributed by atoms with Crippen molar-refractivity contribution in [2.75, 3.05) is 10.6 Å². The van der Waals surface area contributed by atoms with E-state index in [0.29, 0.717) is 0 Å². The Kier molecular flexibility index (Phi) is 5.02. The van der Waals surface area contributed by atoms with Crippen LogP contribution in [0.4, 0.5) is 11.4 Å². The van der Waals surface area contributed by atoms with E-state index in [0.717, 1.165) is 21.4 Å². The van der Waals surface area contributed by atoms with E-state index in [2.05, 4.69) is 45.6 Å². The second-order valence-corrected chi connectivity index (χ2v) is 6.05. The van der Waals surface area contributed by atoms with Crippen molar-refractivity contribution in [3.8, 4) is 0 Å². The number of benzene rings is 2. The molecule has 0 spiro atoms. The lowest BCUT2D eigenvalue weighted by atomic mass is 10.1. The molecule has 3 nitrogen and oxygen atoms in total. The number of halogens is 1. The molecule has 110 valence electrons. The molecule has 0 saturated carbocycles. The highest BCUT2D eigenvalue weighted by atomic mass is 79.9. The summed E-state index contributed by atoms with van der Waals surface area (Å²) in [5.41, 5.74) is 4.17. The first-order valence-corrected chi connectivity index (χ1v) is 7.65. The molecular formula is C17H19BrN2O. The third-order valence-electron chi connectivity index (χ3n) is 3.28. The molecule has 0 heterocycles. The summed E-state index contributed by atoms with van der Waals surface area (Å²) in [6.07, 6.45) is 0. The minimum atomic E-state index is -0.0650. The van der Waals surface area contributed by atoms with Crippen molar-refractivity contribution < 1.29 is 4.79 Å². The van der Waals surface area contributed by atoms with Gasteiger partial charge in [-0.3, -0.25) is 4.79 Å². The molecule has 2 N–H and O–H groups in total. The van der Waals surface area contributed by atoms with Gasteiger partial charge in [-0.05, 0) is 49.2 Å². The Labute approximate surface area is 133 Å². The molecule has 0 aliphatic carbocycles. The highest BCUT2D eigenvalue weighted by Crippen LogP contribution is 2.26. The molecule has 2 aromatic carbocycles. The maximum atomic E-state index is 11.2. The van der Waals surface area contributed by atoms with E-state index in [1.165, 1.54) is 12.5 Å². The summed E-state index contributed by atoms with van der Waals surface area (Å²) in [5, 5.41) is 6.30. The Bertz CT molecular complexity index is 655. The fourth-order valence-electron chi connectivity index (χ4n) is 2.15. The molecule has 0 saturated heterocycles. The zero-order valence-electron chi connectivity index (χ0n) is 12.4. The van der Waals surface area contributed by atoms with Crippen molar-refractivity contribution >= 4 is 33.2 Å². The van der Waals surface area contributed by atoms with Crippen molar-refractivity contribution in [2.45, 2.75) is 26.8 Å². The van der Waals surface area contributed by atoms with Crippen LogP contribution in [0.1, 0.15) is 31.0 Å². The SMILES string of the molecule is CC(=O)Nc1ccc(C)c(NC(C)c2cccc(Br)c2)c1. The molecule has 1 unspecified atom stereocenters. The van der Waals surface area contributed by atoms with Gasteiger partial charge in [0, 0.05) is 28.8 Å². The van der Waals surface area contributed by atoms with E-state index in [-0.39, 0.29) is 11.9 Å². The molecular weight excluding hydrogens is 328 g/mol. The summed E-state index contributed by atoms with van der Waals surface area (Å²) in [6.45, 7) is 5.68. The Morgan fingerprint density at radius 2 is 1.95 bits per heavy atom. The first-order chi connectivity index (χ1) is 9.95. The van der Waals surface area contributed by atoms with Gasteiger partial charge in [-0.15, -0.1) is 0 Å². The summed E-state index contributed by atoms with van der Waals surface area (Å²) >= 11 is 3.49. The molecule has 21 heavy (non-hydrogen) atoms. The number of rotatable bonds is 4. The molecule has 0 aromatic heterocycles. The number of anilines is 2. The second kappa shape index (κ2) is 6.76. The number of aryl methyl sites for hydroxylation is 1. The summed E-state index contributed by atoms with van der Waals surface area (Å²) in [5.74, 6) is -0.0650. The Morgan fingerprint density at radius 3 is 2.62 bits per heavy atom. The lowest BCUT2D eigenvalue weighted by molar-refractivity contribution is -0.114. The van der Waals surface area contributed by atoms with E-state index in [4.69, 9.17) is 0 Å². The van der Waals surface area contributed by atoms with Crippen LogP contribution in [0.5, 0.6) is 0 Å². The highest BCUT2D eigenvalue weighted by molar-refractivity contribution is 9.10. The summed E-state index contributed by atoms with van der Waals surface area (Å²) in [7, 11) is 0. The highest BCUT2D eigenvalue weighted by Gasteiger charge is 2.08. The van der Waals surface area contributed by atoms with Crippen LogP contribution in [0.25, 0.3) is 0 Å². The normalized spacial score (nSPS) is 11.8. The predicted molar refractivity (Wildman–Crippen MR) is 91.7 cm³/mol. The zero-order valence-corrected chi connectivity index (χ0v) is 14.0. The van der Waals surface area contributed by atoms with E-state index in [1.807, 2.05) is 37.3 Å². The first kappa shape index (κ1) is 15.6. The molecule has 0 radical (unpaired) electrons. The van der Waals surface area contributed by atoms with Crippen molar-refractivity contribution in [3.63, 3.8) is 0 Å². The Morgan fingerprint density at radius 1 is 1.19 bits per heavy atom. The first-order valence-electron chi connectivity index (χ1n) is 6.86. The molecule has 0 aliphatic rings. The van der Waals surface area contributed by atoms with Crippen LogP contribution in [0.3, 0.4) is 0 Å². The Hall–Kier alpha value is -1.81. The van der Waals surface area contributed by atoms with Crippen molar-refractivity contribution in [3.05, 3.63) is 58.1 Å². The lowest BCUT2D eigenvalue weighted by Gasteiger charge is -2.18. The van der Waals surface area contributed by atoms with Gasteiger partial charge in [0.25, 0.3) is 0 Å². The largest absolute Gasteiger partial charge is 0.378 e. The third-order valence-corrected chi connectivity index (χ3v) is 3.77. The van der Waals surface area contributed by atoms with Crippen LogP contribution >= 0.6 is 15.9 Å². The van der Waals surface area contributed by atoms with Crippen LogP contribution in [-0.2, 0) is 4.79 Å². The summed E-state index contributed by atoms with van der Waals surface area (Å²) in [4.78, 5) is 11.2. The molecule has 0 aliphatic heterocycles. The van der Waals surface area contributed by atoms with Crippen LogP contribution in [0, 0.1) is 6.92 Å². The number of nitrogens with one attached hydrogen (secondary N) is 2. The maximum Gasteiger partial charge on any atom is 0.221 e. The topological polar surface area (TPSA) is 41.1 Å².